The smallest absolute Gasteiger partial charge is 0.342 e. The molecule has 0 amide bonds. The number of ether oxygens (including phenoxy) is 4. The second kappa shape index (κ2) is 12.3. The summed E-state index contributed by atoms with van der Waals surface area (Å²) in [6, 6.07) is 13.1. The standard InChI is InChI=1S/C26H32O6/c1-29-21-14-12-19(13-15-21)18-31-17-16-23-22(27)10-6-4-3-5-8-20-9-7-11-24(30-2)25(20)26(28)32-23/h5,7-9,11-15,22-23,27H,3-4,6,10,16-18H2,1-2H3/b8-5+/t22-,23-/m0/s1. The van der Waals surface area contributed by atoms with Crippen molar-refractivity contribution in [3.05, 3.63) is 65.2 Å². The Labute approximate surface area is 189 Å². The number of aliphatic hydroxyl groups is 1. The van der Waals surface area contributed by atoms with Crippen LogP contribution in [0.2, 0.25) is 0 Å². The number of aliphatic hydroxyl groups excluding tert-OH is 1. The lowest BCUT2D eigenvalue weighted by Gasteiger charge is -2.24. The summed E-state index contributed by atoms with van der Waals surface area (Å²) in [4.78, 5) is 13.1. The van der Waals surface area contributed by atoms with Crippen LogP contribution >= 0.6 is 0 Å². The molecule has 0 fully saturated rings. The van der Waals surface area contributed by atoms with Crippen molar-refractivity contribution in [2.75, 3.05) is 20.8 Å². The molecule has 0 radical (unpaired) electrons. The van der Waals surface area contributed by atoms with Crippen LogP contribution in [0, 0.1) is 0 Å². The van der Waals surface area contributed by atoms with Gasteiger partial charge in [0.15, 0.2) is 0 Å². The quantitative estimate of drug-likeness (QED) is 0.493. The largest absolute Gasteiger partial charge is 0.497 e. The molecule has 0 spiro atoms. The van der Waals surface area contributed by atoms with E-state index in [9.17, 15) is 9.90 Å². The van der Waals surface area contributed by atoms with Crippen molar-refractivity contribution in [2.24, 2.45) is 0 Å². The molecule has 0 aromatic heterocycles. The second-order valence-electron chi connectivity index (χ2n) is 7.81. The molecule has 0 saturated carbocycles. The third-order valence-corrected chi connectivity index (χ3v) is 5.56. The first kappa shape index (κ1) is 23.8. The van der Waals surface area contributed by atoms with Crippen molar-refractivity contribution in [1.82, 2.24) is 0 Å². The minimum Gasteiger partial charge on any atom is -0.497 e. The second-order valence-corrected chi connectivity index (χ2v) is 7.81. The molecule has 2 atom stereocenters. The normalized spacial score (nSPS) is 20.3. The summed E-state index contributed by atoms with van der Waals surface area (Å²) < 4.78 is 22.1. The lowest BCUT2D eigenvalue weighted by atomic mass is 10.0. The molecule has 0 bridgehead atoms. The molecule has 2 aromatic carbocycles. The van der Waals surface area contributed by atoms with Gasteiger partial charge in [-0.1, -0.05) is 42.8 Å². The first-order valence-electron chi connectivity index (χ1n) is 11.1. The van der Waals surface area contributed by atoms with Crippen LogP contribution in [0.1, 0.15) is 53.6 Å². The first-order valence-corrected chi connectivity index (χ1v) is 11.1. The van der Waals surface area contributed by atoms with Gasteiger partial charge in [0, 0.05) is 6.42 Å². The van der Waals surface area contributed by atoms with Crippen LogP contribution in [0.25, 0.3) is 6.08 Å². The number of hydrogen-bond acceptors (Lipinski definition) is 6. The maximum absolute atomic E-state index is 13.1. The van der Waals surface area contributed by atoms with Gasteiger partial charge in [0.1, 0.15) is 23.2 Å². The highest BCUT2D eigenvalue weighted by molar-refractivity contribution is 5.96. The Kier molecular flexibility index (Phi) is 9.13. The van der Waals surface area contributed by atoms with Crippen molar-refractivity contribution in [3.8, 4) is 11.5 Å². The molecule has 6 nitrogen and oxygen atoms in total. The molecule has 0 unspecified atom stereocenters. The van der Waals surface area contributed by atoms with E-state index in [1.54, 1.807) is 13.2 Å². The highest BCUT2D eigenvalue weighted by Crippen LogP contribution is 2.27. The van der Waals surface area contributed by atoms with Gasteiger partial charge in [0.2, 0.25) is 0 Å². The molecule has 3 rings (SSSR count). The highest BCUT2D eigenvalue weighted by atomic mass is 16.6. The third-order valence-electron chi connectivity index (χ3n) is 5.56. The number of hydrogen-bond donors (Lipinski definition) is 1. The molecule has 172 valence electrons. The Morgan fingerprint density at radius 3 is 2.62 bits per heavy atom. The molecule has 2 aromatic rings. The van der Waals surface area contributed by atoms with Crippen LogP contribution in [0.3, 0.4) is 0 Å². The topological polar surface area (TPSA) is 74.2 Å². The van der Waals surface area contributed by atoms with E-state index in [4.69, 9.17) is 18.9 Å². The van der Waals surface area contributed by atoms with E-state index in [-0.39, 0.29) is 0 Å². The summed E-state index contributed by atoms with van der Waals surface area (Å²) in [5.74, 6) is 0.752. The van der Waals surface area contributed by atoms with Gasteiger partial charge in [-0.25, -0.2) is 4.79 Å². The van der Waals surface area contributed by atoms with E-state index in [0.717, 1.165) is 36.1 Å². The molecule has 0 aliphatic carbocycles. The van der Waals surface area contributed by atoms with Crippen molar-refractivity contribution in [1.29, 1.82) is 0 Å². The summed E-state index contributed by atoms with van der Waals surface area (Å²) in [7, 11) is 3.16. The number of allylic oxidation sites excluding steroid dienone is 1. The summed E-state index contributed by atoms with van der Waals surface area (Å²) in [5, 5.41) is 10.7. The predicted molar refractivity (Wildman–Crippen MR) is 123 cm³/mol. The zero-order chi connectivity index (χ0) is 22.8. The summed E-state index contributed by atoms with van der Waals surface area (Å²) in [5.41, 5.74) is 2.15. The lowest BCUT2D eigenvalue weighted by Crippen LogP contribution is -2.33. The van der Waals surface area contributed by atoms with E-state index in [0.29, 0.717) is 37.4 Å². The van der Waals surface area contributed by atoms with Gasteiger partial charge in [0.05, 0.1) is 33.5 Å². The van der Waals surface area contributed by atoms with Crippen molar-refractivity contribution >= 4 is 12.0 Å². The SMILES string of the molecule is COc1ccc(COCC[C@@H]2OC(=O)c3c(cccc3OC)/C=C/CCCC[C@@H]2O)cc1. The van der Waals surface area contributed by atoms with Gasteiger partial charge >= 0.3 is 5.97 Å². The maximum Gasteiger partial charge on any atom is 0.342 e. The molecular weight excluding hydrogens is 408 g/mol. The minimum atomic E-state index is -0.745. The number of esters is 1. The molecule has 6 heteroatoms. The Bertz CT molecular complexity index is 890. The Balaban J connectivity index is 1.67. The van der Waals surface area contributed by atoms with Gasteiger partial charge in [-0.3, -0.25) is 0 Å². The third kappa shape index (κ3) is 6.58. The van der Waals surface area contributed by atoms with Crippen LogP contribution in [0.5, 0.6) is 11.5 Å². The van der Waals surface area contributed by atoms with E-state index in [1.807, 2.05) is 48.6 Å². The summed E-state index contributed by atoms with van der Waals surface area (Å²) in [6.07, 6.45) is 6.26. The molecule has 1 N–H and O–H groups in total. The Hall–Kier alpha value is -2.83. The fraction of sp³-hybridized carbons (Fsp3) is 0.423. The Morgan fingerprint density at radius 2 is 1.88 bits per heavy atom. The average Bonchev–Trinajstić information content (AvgIpc) is 2.82. The zero-order valence-corrected chi connectivity index (χ0v) is 18.8. The number of methoxy groups -OCH3 is 2. The zero-order valence-electron chi connectivity index (χ0n) is 18.8. The molecular formula is C26H32O6. The number of benzene rings is 2. The number of fused-ring (bicyclic) bond motifs is 1. The summed E-state index contributed by atoms with van der Waals surface area (Å²) >= 11 is 0. The van der Waals surface area contributed by atoms with E-state index in [1.165, 1.54) is 7.11 Å². The fourth-order valence-corrected chi connectivity index (χ4v) is 3.72. The number of cyclic esters (lactones) is 1. The Morgan fingerprint density at radius 1 is 1.06 bits per heavy atom. The lowest BCUT2D eigenvalue weighted by molar-refractivity contribution is -0.0364. The van der Waals surface area contributed by atoms with E-state index >= 15 is 0 Å². The van der Waals surface area contributed by atoms with Crippen LogP contribution in [-0.4, -0.2) is 44.1 Å². The van der Waals surface area contributed by atoms with Crippen molar-refractivity contribution < 1.29 is 28.8 Å². The van der Waals surface area contributed by atoms with Crippen LogP contribution in [0.15, 0.2) is 48.5 Å². The number of carbonyl (C=O) groups is 1. The highest BCUT2D eigenvalue weighted by Gasteiger charge is 2.27. The fourth-order valence-electron chi connectivity index (χ4n) is 3.72. The number of carbonyl (C=O) groups excluding carboxylic acids is 1. The molecule has 1 aliphatic heterocycles. The first-order chi connectivity index (χ1) is 15.6. The number of rotatable bonds is 7. The van der Waals surface area contributed by atoms with Gasteiger partial charge in [-0.15, -0.1) is 0 Å². The molecule has 1 aliphatic rings. The predicted octanol–water partition coefficient (Wildman–Crippen LogP) is 4.78. The summed E-state index contributed by atoms with van der Waals surface area (Å²) in [6.45, 7) is 0.794. The van der Waals surface area contributed by atoms with Crippen LogP contribution < -0.4 is 9.47 Å². The van der Waals surface area contributed by atoms with Gasteiger partial charge in [-0.2, -0.15) is 0 Å². The van der Waals surface area contributed by atoms with E-state index < -0.39 is 18.2 Å². The maximum atomic E-state index is 13.1. The molecule has 1 heterocycles. The van der Waals surface area contributed by atoms with E-state index in [2.05, 4.69) is 0 Å². The van der Waals surface area contributed by atoms with Gasteiger partial charge in [-0.05, 0) is 48.6 Å². The monoisotopic (exact) mass is 440 g/mol. The molecule has 32 heavy (non-hydrogen) atoms. The average molecular weight is 441 g/mol. The van der Waals surface area contributed by atoms with Crippen molar-refractivity contribution in [2.45, 2.75) is 50.9 Å². The van der Waals surface area contributed by atoms with Crippen molar-refractivity contribution in [3.63, 3.8) is 0 Å². The van der Waals surface area contributed by atoms with Gasteiger partial charge in [0.25, 0.3) is 0 Å². The minimum absolute atomic E-state index is 0.361. The van der Waals surface area contributed by atoms with Crippen LogP contribution in [-0.2, 0) is 16.1 Å². The van der Waals surface area contributed by atoms with Crippen LogP contribution in [0.4, 0.5) is 0 Å². The van der Waals surface area contributed by atoms with Gasteiger partial charge < -0.3 is 24.1 Å². The molecule has 0 saturated heterocycles.